The number of hydrogen-bond acceptors (Lipinski definition) is 3. The number of nitrogens with one attached hydrogen (secondary N) is 2. The largest absolute Gasteiger partial charge is 0.280 e. The summed E-state index contributed by atoms with van der Waals surface area (Å²) in [6, 6.07) is 14.7. The number of primary sulfonamides is 1. The highest BCUT2D eigenvalue weighted by Gasteiger charge is 2.30. The van der Waals surface area contributed by atoms with Crippen LogP contribution in [0.2, 0.25) is 0 Å². The second-order valence-corrected chi connectivity index (χ2v) is 7.97. The highest BCUT2D eigenvalue weighted by molar-refractivity contribution is 7.89. The molecule has 5 nitrogen and oxygen atoms in total. The summed E-state index contributed by atoms with van der Waals surface area (Å²) in [5, 5.41) is 8.47. The molecule has 0 unspecified atom stereocenters. The van der Waals surface area contributed by atoms with Crippen LogP contribution in [0.4, 0.5) is 5.69 Å². The van der Waals surface area contributed by atoms with Crippen LogP contribution in [0.3, 0.4) is 0 Å². The second kappa shape index (κ2) is 5.47. The van der Waals surface area contributed by atoms with Crippen LogP contribution < -0.4 is 15.4 Å². The first-order chi connectivity index (χ1) is 10.7. The Morgan fingerprint density at radius 3 is 2.39 bits per heavy atom. The molecule has 3 rings (SSSR count). The summed E-state index contributed by atoms with van der Waals surface area (Å²) >= 11 is 0. The van der Waals surface area contributed by atoms with Crippen LogP contribution in [-0.2, 0) is 16.4 Å². The van der Waals surface area contributed by atoms with Gasteiger partial charge in [0.15, 0.2) is 0 Å². The van der Waals surface area contributed by atoms with E-state index in [-0.39, 0.29) is 10.4 Å². The summed E-state index contributed by atoms with van der Waals surface area (Å²) < 4.78 is 22.6. The van der Waals surface area contributed by atoms with Gasteiger partial charge < -0.3 is 0 Å². The van der Waals surface area contributed by atoms with Crippen LogP contribution in [0.15, 0.2) is 53.4 Å². The Labute approximate surface area is 136 Å². The molecule has 0 spiro atoms. The van der Waals surface area contributed by atoms with Crippen molar-refractivity contribution < 1.29 is 13.4 Å². The fourth-order valence-electron chi connectivity index (χ4n) is 2.82. The Bertz CT molecular complexity index is 869. The van der Waals surface area contributed by atoms with Gasteiger partial charge in [0.2, 0.25) is 10.0 Å². The minimum absolute atomic E-state index is 0.0583. The highest BCUT2D eigenvalue weighted by Crippen LogP contribution is 2.19. The molecular formula is C17H20N3O2S+. The molecule has 2 aromatic carbocycles. The molecule has 0 aliphatic carbocycles. The van der Waals surface area contributed by atoms with Gasteiger partial charge in [-0.3, -0.25) is 4.99 Å². The Kier molecular flexibility index (Phi) is 3.74. The number of hydrogen-bond donors (Lipinski definition) is 3. The zero-order chi connectivity index (χ0) is 16.7. The Balaban J connectivity index is 1.94. The molecule has 0 saturated heterocycles. The van der Waals surface area contributed by atoms with E-state index in [1.54, 1.807) is 12.1 Å². The summed E-state index contributed by atoms with van der Waals surface area (Å²) in [6.45, 7) is 4.30. The van der Waals surface area contributed by atoms with Crippen LogP contribution in [0.5, 0.6) is 0 Å². The number of fused-ring (bicyclic) bond motifs is 1. The molecule has 2 aromatic rings. The lowest BCUT2D eigenvalue weighted by atomic mass is 9.89. The molecule has 0 bridgehead atoms. The third-order valence-electron chi connectivity index (χ3n) is 3.83. The number of amidine groups is 1. The van der Waals surface area contributed by atoms with Crippen molar-refractivity contribution in [2.24, 2.45) is 5.14 Å². The van der Waals surface area contributed by atoms with Gasteiger partial charge in [0, 0.05) is 6.42 Å². The molecule has 23 heavy (non-hydrogen) atoms. The number of nitrogens with two attached hydrogens (primary N) is 1. The van der Waals surface area contributed by atoms with Gasteiger partial charge in [0.1, 0.15) is 11.2 Å². The monoisotopic (exact) mass is 330 g/mol. The maximum atomic E-state index is 11.3. The summed E-state index contributed by atoms with van der Waals surface area (Å²) in [7, 11) is -3.67. The van der Waals surface area contributed by atoms with E-state index in [1.165, 1.54) is 17.7 Å². The van der Waals surface area contributed by atoms with E-state index in [2.05, 4.69) is 36.3 Å². The normalized spacial score (nSPS) is 16.4. The van der Waals surface area contributed by atoms with Crippen molar-refractivity contribution in [2.75, 3.05) is 5.32 Å². The average molecular weight is 330 g/mol. The average Bonchev–Trinajstić information content (AvgIpc) is 2.45. The lowest BCUT2D eigenvalue weighted by Gasteiger charge is -2.25. The lowest BCUT2D eigenvalue weighted by molar-refractivity contribution is -0.545. The maximum Gasteiger partial charge on any atom is 0.280 e. The highest BCUT2D eigenvalue weighted by atomic mass is 32.2. The molecular weight excluding hydrogens is 310 g/mol. The fraction of sp³-hybridized carbons (Fsp3) is 0.235. The van der Waals surface area contributed by atoms with E-state index in [1.807, 2.05) is 12.1 Å². The molecule has 1 aliphatic heterocycles. The van der Waals surface area contributed by atoms with Crippen LogP contribution >= 0.6 is 0 Å². The SMILES string of the molecule is CC1(C)Cc2ccccc2C(Nc2ccc(S(N)(=O)=O)cc2)=[NH+]1. The van der Waals surface area contributed by atoms with Crippen molar-refractivity contribution in [1.29, 1.82) is 0 Å². The van der Waals surface area contributed by atoms with Crippen molar-refractivity contribution in [3.05, 3.63) is 59.7 Å². The summed E-state index contributed by atoms with van der Waals surface area (Å²) in [5.74, 6) is 0.917. The van der Waals surface area contributed by atoms with E-state index in [4.69, 9.17) is 5.14 Å². The van der Waals surface area contributed by atoms with E-state index < -0.39 is 10.0 Å². The van der Waals surface area contributed by atoms with Crippen molar-refractivity contribution in [3.63, 3.8) is 0 Å². The number of benzene rings is 2. The molecule has 0 aromatic heterocycles. The lowest BCUT2D eigenvalue weighted by Crippen LogP contribution is -2.89. The van der Waals surface area contributed by atoms with Gasteiger partial charge in [-0.2, -0.15) is 0 Å². The van der Waals surface area contributed by atoms with Crippen LogP contribution in [0, 0.1) is 0 Å². The molecule has 0 amide bonds. The minimum Gasteiger partial charge on any atom is -0.269 e. The van der Waals surface area contributed by atoms with Gasteiger partial charge in [-0.05, 0) is 49.7 Å². The maximum absolute atomic E-state index is 11.3. The van der Waals surface area contributed by atoms with Crippen molar-refractivity contribution in [1.82, 2.24) is 0 Å². The minimum atomic E-state index is -3.67. The van der Waals surface area contributed by atoms with Crippen LogP contribution in [-0.4, -0.2) is 19.8 Å². The van der Waals surface area contributed by atoms with Gasteiger partial charge in [-0.15, -0.1) is 0 Å². The summed E-state index contributed by atoms with van der Waals surface area (Å²) in [4.78, 5) is 3.61. The van der Waals surface area contributed by atoms with Gasteiger partial charge in [0.25, 0.3) is 5.84 Å². The Morgan fingerprint density at radius 2 is 1.74 bits per heavy atom. The van der Waals surface area contributed by atoms with Gasteiger partial charge in [-0.25, -0.2) is 18.9 Å². The van der Waals surface area contributed by atoms with Crippen molar-refractivity contribution >= 4 is 21.5 Å². The number of sulfonamides is 1. The number of anilines is 1. The van der Waals surface area contributed by atoms with E-state index in [0.29, 0.717) is 0 Å². The van der Waals surface area contributed by atoms with Crippen molar-refractivity contribution in [2.45, 2.75) is 30.7 Å². The predicted octanol–water partition coefficient (Wildman–Crippen LogP) is 0.608. The molecule has 1 heterocycles. The third-order valence-corrected chi connectivity index (χ3v) is 4.76. The topological polar surface area (TPSA) is 86.2 Å². The fourth-order valence-corrected chi connectivity index (χ4v) is 3.33. The molecule has 120 valence electrons. The van der Waals surface area contributed by atoms with E-state index in [0.717, 1.165) is 23.5 Å². The molecule has 6 heteroatoms. The van der Waals surface area contributed by atoms with Crippen LogP contribution in [0.25, 0.3) is 0 Å². The molecule has 0 radical (unpaired) electrons. The quantitative estimate of drug-likeness (QED) is 0.754. The Morgan fingerprint density at radius 1 is 1.09 bits per heavy atom. The molecule has 0 saturated carbocycles. The van der Waals surface area contributed by atoms with Crippen LogP contribution in [0.1, 0.15) is 25.0 Å². The summed E-state index contributed by atoms with van der Waals surface area (Å²) in [6.07, 6.45) is 0.943. The first kappa shape index (κ1) is 15.7. The van der Waals surface area contributed by atoms with Gasteiger partial charge >= 0.3 is 0 Å². The second-order valence-electron chi connectivity index (χ2n) is 6.41. The van der Waals surface area contributed by atoms with Gasteiger partial charge in [-0.1, -0.05) is 18.2 Å². The third kappa shape index (κ3) is 3.43. The molecule has 4 N–H and O–H groups in total. The van der Waals surface area contributed by atoms with Gasteiger partial charge in [0.05, 0.1) is 10.5 Å². The van der Waals surface area contributed by atoms with Crippen molar-refractivity contribution in [3.8, 4) is 0 Å². The summed E-state index contributed by atoms with van der Waals surface area (Å²) in [5.41, 5.74) is 3.15. The van der Waals surface area contributed by atoms with E-state index in [9.17, 15) is 8.42 Å². The number of rotatable bonds is 2. The first-order valence-electron chi connectivity index (χ1n) is 7.38. The molecule has 0 fully saturated rings. The Hall–Kier alpha value is -2.18. The zero-order valence-electron chi connectivity index (χ0n) is 13.1. The standard InChI is InChI=1S/C17H19N3O2S/c1-17(2)11-12-5-3-4-6-15(12)16(20-17)19-13-7-9-14(10-8-13)23(18,21)22/h3-10H,11H2,1-2H3,(H,19,20)(H2,18,21,22)/p+1. The molecule has 0 atom stereocenters. The molecule has 1 aliphatic rings. The zero-order valence-corrected chi connectivity index (χ0v) is 13.9. The van der Waals surface area contributed by atoms with E-state index >= 15 is 0 Å². The first-order valence-corrected chi connectivity index (χ1v) is 8.93. The smallest absolute Gasteiger partial charge is 0.269 e. The predicted molar refractivity (Wildman–Crippen MR) is 90.7 cm³/mol.